The highest BCUT2D eigenvalue weighted by atomic mass is 35.5. The number of ether oxygens (including phenoxy) is 4. The summed E-state index contributed by atoms with van der Waals surface area (Å²) in [6.07, 6.45) is -16.5. The fraction of sp³-hybridized carbons (Fsp3) is 0.453. The highest BCUT2D eigenvalue weighted by molar-refractivity contribution is 7.82. The van der Waals surface area contributed by atoms with E-state index in [0.717, 1.165) is 17.7 Å². The second-order valence-electron chi connectivity index (χ2n) is 19.8. The lowest BCUT2D eigenvalue weighted by Gasteiger charge is -2.39. The Morgan fingerprint density at radius 2 is 1.06 bits per heavy atom. The molecule has 0 radical (unpaired) electrons. The summed E-state index contributed by atoms with van der Waals surface area (Å²) in [6.45, 7) is 2.27. The maximum Gasteiger partial charge on any atom is 0.501 e. The van der Waals surface area contributed by atoms with Crippen LogP contribution >= 0.6 is 23.2 Å². The summed E-state index contributed by atoms with van der Waals surface area (Å²) in [5.74, 6) is -2.98. The van der Waals surface area contributed by atoms with Crippen LogP contribution in [0, 0.1) is 0 Å². The van der Waals surface area contributed by atoms with E-state index < -0.39 is 114 Å². The van der Waals surface area contributed by atoms with Crippen LogP contribution in [0.3, 0.4) is 0 Å². The number of anilines is 2. The molecule has 4 aliphatic heterocycles. The van der Waals surface area contributed by atoms with Crippen LogP contribution in [0.5, 0.6) is 23.0 Å². The quantitative estimate of drug-likeness (QED) is 0.0569. The van der Waals surface area contributed by atoms with Gasteiger partial charge in [0.25, 0.3) is 5.91 Å². The molecule has 25 heteroatoms. The summed E-state index contributed by atoms with van der Waals surface area (Å²) >= 11 is 13.1. The zero-order valence-electron chi connectivity index (χ0n) is 42.0. The number of carbonyl (C=O) groups is 3. The Kier molecular flexibility index (Phi) is 17.3. The molecule has 2 saturated heterocycles. The number of fused-ring (bicyclic) bond motifs is 6. The minimum atomic E-state index is -5.20. The Balaban J connectivity index is 0.950. The fourth-order valence-corrected chi connectivity index (χ4v) is 11.6. The summed E-state index contributed by atoms with van der Waals surface area (Å²) < 4.78 is 62.4. The van der Waals surface area contributed by atoms with Crippen LogP contribution < -0.4 is 33.0 Å². The standard InChI is InChI=1S/C53H59Cl2N3O19S/c1-25(2)56-51(69)26-14-15-35(72-52-49(67)47(65)45(63)39(23-59)74-52)38(16-26)77-78(70,71)76-37-18-34-44(32-11-6-4-9-30(32)37)28(20-55)22-58(34)42(62)13-7-12-41(61)57-21-27(19-54)43-31-10-5-3-8-29(31)36(17-33(43)57)73-53-50(68)48(66)46(64)40(24-60)75-53/h3-6,8-11,14-18,25,27-28,39-40,45-50,52-53,59-60,63-68H,7,12-13,19-24H2,1-2H3,(H,56,69)/t27-,28-,39-,40-,45+,46+,47+,48+,49-,50-,52-,53-/m1/s1. The average Bonchev–Trinajstić information content (AvgIpc) is 4.12. The Bertz CT molecular complexity index is 3170. The lowest BCUT2D eigenvalue weighted by atomic mass is 9.95. The van der Waals surface area contributed by atoms with E-state index >= 15 is 0 Å². The molecule has 22 nitrogen and oxygen atoms in total. The SMILES string of the molecule is CC(C)NC(=O)c1ccc(O[C@@H]2O[C@H](CO)[C@H](O)[C@H](O)[C@H]2O)c(OS(=O)(=O)Oc2cc3c(c4ccccc24)[C@H](CCl)CN3C(=O)CCCC(=O)N2C[C@@H](CCl)c3c2cc(O[C@@H]2O[C@H](CO)[C@H](O)[C@H](O)[C@H]2O)c2ccccc32)c1. The highest BCUT2D eigenvalue weighted by Crippen LogP contribution is 2.48. The molecule has 0 spiro atoms. The zero-order chi connectivity index (χ0) is 55.9. The van der Waals surface area contributed by atoms with Crippen molar-refractivity contribution in [2.24, 2.45) is 0 Å². The average molecular weight is 1150 g/mol. The maximum atomic E-state index is 14.3. The summed E-state index contributed by atoms with van der Waals surface area (Å²) in [4.78, 5) is 44.7. The van der Waals surface area contributed by atoms with E-state index in [-0.39, 0.29) is 84.7 Å². The molecule has 0 aromatic heterocycles. The van der Waals surface area contributed by atoms with Gasteiger partial charge in [0.15, 0.2) is 17.2 Å². The van der Waals surface area contributed by atoms with E-state index in [1.807, 2.05) is 6.07 Å². The van der Waals surface area contributed by atoms with Gasteiger partial charge < -0.3 is 83.3 Å². The van der Waals surface area contributed by atoms with Crippen molar-refractivity contribution in [2.45, 2.75) is 112 Å². The number of nitrogens with zero attached hydrogens (tertiary/aromatic N) is 2. The highest BCUT2D eigenvalue weighted by Gasteiger charge is 2.47. The molecule has 4 aliphatic rings. The number of halogens is 2. The summed E-state index contributed by atoms with van der Waals surface area (Å²) in [6, 6.07) is 20.0. The second-order valence-corrected chi connectivity index (χ2v) is 21.5. The lowest BCUT2D eigenvalue weighted by Crippen LogP contribution is -2.60. The topological polar surface area (TPSA) is 321 Å². The van der Waals surface area contributed by atoms with E-state index in [0.29, 0.717) is 32.8 Å². The van der Waals surface area contributed by atoms with Crippen LogP contribution in [-0.4, -0.2) is 173 Å². The van der Waals surface area contributed by atoms with Gasteiger partial charge in [-0.2, -0.15) is 0 Å². The van der Waals surface area contributed by atoms with Crippen molar-refractivity contribution in [3.8, 4) is 23.0 Å². The van der Waals surface area contributed by atoms with Crippen LogP contribution in [0.25, 0.3) is 21.5 Å². The molecule has 0 aliphatic carbocycles. The minimum Gasteiger partial charge on any atom is -0.461 e. The van der Waals surface area contributed by atoms with Crippen LogP contribution in [0.1, 0.15) is 66.4 Å². The second kappa shape index (κ2) is 23.6. The van der Waals surface area contributed by atoms with Crippen LogP contribution in [-0.2, 0) is 29.5 Å². The Morgan fingerprint density at radius 3 is 1.54 bits per heavy atom. The van der Waals surface area contributed by atoms with Gasteiger partial charge in [0.1, 0.15) is 54.6 Å². The van der Waals surface area contributed by atoms with Gasteiger partial charge in [-0.1, -0.05) is 48.5 Å². The van der Waals surface area contributed by atoms with Crippen molar-refractivity contribution >= 4 is 84.2 Å². The number of aliphatic hydroxyl groups is 8. The number of benzene rings is 5. The Morgan fingerprint density at radius 1 is 0.615 bits per heavy atom. The van der Waals surface area contributed by atoms with Crippen molar-refractivity contribution in [3.05, 3.63) is 95.6 Å². The molecule has 5 aromatic carbocycles. The molecule has 5 aromatic rings. The van der Waals surface area contributed by atoms with E-state index in [1.165, 1.54) is 17.0 Å². The third-order valence-electron chi connectivity index (χ3n) is 14.2. The predicted octanol–water partition coefficient (Wildman–Crippen LogP) is 2.40. The van der Waals surface area contributed by atoms with Crippen molar-refractivity contribution in [1.82, 2.24) is 5.32 Å². The molecule has 12 atom stereocenters. The van der Waals surface area contributed by atoms with Crippen LogP contribution in [0.15, 0.2) is 78.9 Å². The van der Waals surface area contributed by atoms with Gasteiger partial charge in [0, 0.05) is 84.0 Å². The first-order chi connectivity index (χ1) is 37.3. The Hall–Kier alpha value is -5.64. The summed E-state index contributed by atoms with van der Waals surface area (Å²) in [5, 5.41) is 87.4. The van der Waals surface area contributed by atoms with Gasteiger partial charge in [0.05, 0.1) is 24.6 Å². The first-order valence-corrected chi connectivity index (χ1v) is 27.5. The van der Waals surface area contributed by atoms with Gasteiger partial charge in [-0.05, 0) is 60.4 Å². The molecule has 78 heavy (non-hydrogen) atoms. The normalized spacial score (nSPS) is 26.9. The van der Waals surface area contributed by atoms with Gasteiger partial charge in [-0.25, -0.2) is 0 Å². The van der Waals surface area contributed by atoms with E-state index in [1.54, 1.807) is 67.3 Å². The molecule has 420 valence electrons. The van der Waals surface area contributed by atoms with E-state index in [2.05, 4.69) is 5.32 Å². The van der Waals surface area contributed by atoms with Crippen molar-refractivity contribution in [2.75, 3.05) is 47.9 Å². The summed E-state index contributed by atoms with van der Waals surface area (Å²) in [7, 11) is -5.20. The van der Waals surface area contributed by atoms with Gasteiger partial charge >= 0.3 is 10.4 Å². The number of nitrogens with one attached hydrogen (secondary N) is 1. The molecule has 0 saturated carbocycles. The fourth-order valence-electron chi connectivity index (χ4n) is 10.4. The molecule has 9 rings (SSSR count). The number of rotatable bonds is 18. The molecule has 0 unspecified atom stereocenters. The molecule has 2 fully saturated rings. The van der Waals surface area contributed by atoms with Gasteiger partial charge in [0.2, 0.25) is 24.4 Å². The van der Waals surface area contributed by atoms with Crippen LogP contribution in [0.2, 0.25) is 0 Å². The molecule has 3 amide bonds. The predicted molar refractivity (Wildman–Crippen MR) is 281 cm³/mol. The third-order valence-corrected chi connectivity index (χ3v) is 15.7. The number of aliphatic hydroxyl groups excluding tert-OH is 8. The monoisotopic (exact) mass is 1140 g/mol. The molecular formula is C53H59Cl2N3O19S. The maximum absolute atomic E-state index is 14.3. The van der Waals surface area contributed by atoms with Gasteiger partial charge in [-0.15, -0.1) is 31.6 Å². The van der Waals surface area contributed by atoms with Crippen LogP contribution in [0.4, 0.5) is 11.4 Å². The number of hydrogen-bond donors (Lipinski definition) is 9. The first kappa shape index (κ1) is 57.1. The summed E-state index contributed by atoms with van der Waals surface area (Å²) in [5.41, 5.74) is 2.10. The van der Waals surface area contributed by atoms with Crippen molar-refractivity contribution in [3.63, 3.8) is 0 Å². The number of hydrogen-bond acceptors (Lipinski definition) is 19. The Labute approximate surface area is 457 Å². The zero-order valence-corrected chi connectivity index (χ0v) is 44.3. The number of carbonyl (C=O) groups excluding carboxylic acids is 3. The first-order valence-electron chi connectivity index (χ1n) is 25.1. The third kappa shape index (κ3) is 11.3. The van der Waals surface area contributed by atoms with Crippen molar-refractivity contribution < 1.29 is 91.0 Å². The van der Waals surface area contributed by atoms with Gasteiger partial charge in [-0.3, -0.25) is 14.4 Å². The van der Waals surface area contributed by atoms with E-state index in [9.17, 15) is 63.7 Å². The molecule has 0 bridgehead atoms. The smallest absolute Gasteiger partial charge is 0.461 e. The van der Waals surface area contributed by atoms with E-state index in [4.69, 9.17) is 50.5 Å². The largest absolute Gasteiger partial charge is 0.501 e. The number of amides is 3. The minimum absolute atomic E-state index is 0.0751. The molecule has 4 heterocycles. The molecule has 9 N–H and O–H groups in total. The lowest BCUT2D eigenvalue weighted by molar-refractivity contribution is -0.277. The van der Waals surface area contributed by atoms with Crippen molar-refractivity contribution in [1.29, 1.82) is 0 Å². The molecular weight excluding hydrogens is 1090 g/mol. The number of alkyl halides is 2.